The van der Waals surface area contributed by atoms with Gasteiger partial charge in [-0.1, -0.05) is 36.4 Å². The molecule has 0 atom stereocenters. The summed E-state index contributed by atoms with van der Waals surface area (Å²) in [4.78, 5) is 11.2. The summed E-state index contributed by atoms with van der Waals surface area (Å²) in [6.45, 7) is 0.130. The largest absolute Gasteiger partial charge is 0.368 e. The molecule has 0 radical (unpaired) electrons. The first-order chi connectivity index (χ1) is 12.6. The molecular weight excluding hydrogens is 364 g/mol. The smallest absolute Gasteiger partial charge is 0.234 e. The highest BCUT2D eigenvalue weighted by molar-refractivity contribution is 7.17. The maximum absolute atomic E-state index is 11.2. The summed E-state index contributed by atoms with van der Waals surface area (Å²) in [5.41, 5.74) is 7.58. The number of rotatable bonds is 6. The van der Waals surface area contributed by atoms with E-state index in [0.29, 0.717) is 6.54 Å². The summed E-state index contributed by atoms with van der Waals surface area (Å²) in [6.07, 6.45) is 0. The summed E-state index contributed by atoms with van der Waals surface area (Å²) < 4.78 is 2.43. The van der Waals surface area contributed by atoms with Gasteiger partial charge in [0.25, 0.3) is 0 Å². The summed E-state index contributed by atoms with van der Waals surface area (Å²) in [5.74, 6) is -0.594. The van der Waals surface area contributed by atoms with Crippen LogP contribution in [-0.2, 0) is 4.79 Å². The molecule has 0 spiro atoms. The Morgan fingerprint density at radius 3 is 1.96 bits per heavy atom. The highest BCUT2D eigenvalue weighted by Crippen LogP contribution is 2.40. The Bertz CT molecular complexity index is 996. The number of amides is 1. The molecule has 1 amide bonds. The molecule has 6 heteroatoms. The van der Waals surface area contributed by atoms with Crippen molar-refractivity contribution in [3.63, 3.8) is 0 Å². The predicted molar refractivity (Wildman–Crippen MR) is 108 cm³/mol. The van der Waals surface area contributed by atoms with E-state index in [1.54, 1.807) is 22.7 Å². The molecule has 4 aromatic rings. The van der Waals surface area contributed by atoms with Crippen LogP contribution in [-0.4, -0.2) is 29.3 Å². The van der Waals surface area contributed by atoms with Crippen LogP contribution < -0.4 is 5.73 Å². The van der Waals surface area contributed by atoms with Crippen LogP contribution in [0.3, 0.4) is 0 Å². The van der Waals surface area contributed by atoms with E-state index in [-0.39, 0.29) is 12.5 Å². The van der Waals surface area contributed by atoms with Gasteiger partial charge in [0.05, 0.1) is 0 Å². The quantitative estimate of drug-likeness (QED) is 0.485. The Morgan fingerprint density at radius 2 is 1.46 bits per heavy atom. The first kappa shape index (κ1) is 17.2. The molecule has 132 valence electrons. The molecule has 4 nitrogen and oxygen atoms in total. The van der Waals surface area contributed by atoms with Crippen LogP contribution in [0.1, 0.15) is 17.0 Å². The highest BCUT2D eigenvalue weighted by Gasteiger charge is 2.24. The number of fused-ring (bicyclic) bond motifs is 2. The molecule has 0 aliphatic rings. The number of nitrogens with two attached hydrogens (primary N) is 1. The zero-order valence-electron chi connectivity index (χ0n) is 14.0. The summed E-state index contributed by atoms with van der Waals surface area (Å²) >= 11 is 3.40. The van der Waals surface area contributed by atoms with Gasteiger partial charge in [0.1, 0.15) is 6.54 Å². The number of benzene rings is 2. The van der Waals surface area contributed by atoms with Crippen molar-refractivity contribution in [2.75, 3.05) is 13.1 Å². The van der Waals surface area contributed by atoms with Crippen molar-refractivity contribution in [1.29, 1.82) is 0 Å². The molecule has 4 rings (SSSR count). The molecule has 26 heavy (non-hydrogen) atoms. The molecule has 0 aliphatic heterocycles. The molecule has 0 aliphatic carbocycles. The van der Waals surface area contributed by atoms with E-state index in [1.165, 1.54) is 20.2 Å². The summed E-state index contributed by atoms with van der Waals surface area (Å²) in [6, 6.07) is 16.5. The number of hydrogen-bond donors (Lipinski definition) is 2. The van der Waals surface area contributed by atoms with Crippen LogP contribution in [0.25, 0.3) is 20.2 Å². The lowest BCUT2D eigenvalue weighted by Gasteiger charge is -2.22. The van der Waals surface area contributed by atoms with Gasteiger partial charge >= 0.3 is 0 Å². The predicted octanol–water partition coefficient (Wildman–Crippen LogP) is 4.42. The van der Waals surface area contributed by atoms with Gasteiger partial charge in [0.15, 0.2) is 0 Å². The molecule has 2 aromatic heterocycles. The minimum atomic E-state index is -0.545. The SMILES string of the molecule is NC(=O)CN(O)CC(c1csc2ccccc12)c1csc2ccccc12. The second kappa shape index (κ2) is 7.17. The Kier molecular flexibility index (Phi) is 4.74. The van der Waals surface area contributed by atoms with Crippen LogP contribution in [0.5, 0.6) is 0 Å². The van der Waals surface area contributed by atoms with Crippen molar-refractivity contribution in [2.45, 2.75) is 5.92 Å². The normalized spacial score (nSPS) is 11.8. The zero-order chi connectivity index (χ0) is 18.1. The van der Waals surface area contributed by atoms with Crippen LogP contribution in [0.2, 0.25) is 0 Å². The highest BCUT2D eigenvalue weighted by atomic mass is 32.1. The monoisotopic (exact) mass is 382 g/mol. The molecular formula is C20H18N2O2S2. The van der Waals surface area contributed by atoms with E-state index in [2.05, 4.69) is 35.0 Å². The van der Waals surface area contributed by atoms with Crippen molar-refractivity contribution in [3.8, 4) is 0 Å². The Balaban J connectivity index is 1.83. The van der Waals surface area contributed by atoms with Crippen LogP contribution in [0.15, 0.2) is 59.3 Å². The third kappa shape index (κ3) is 3.24. The van der Waals surface area contributed by atoms with Gasteiger partial charge in [-0.15, -0.1) is 22.7 Å². The average molecular weight is 383 g/mol. The molecule has 0 bridgehead atoms. The number of nitrogens with zero attached hydrogens (tertiary/aromatic N) is 1. The third-order valence-corrected chi connectivity index (χ3v) is 6.47. The topological polar surface area (TPSA) is 66.6 Å². The number of hydrogen-bond acceptors (Lipinski definition) is 5. The fourth-order valence-corrected chi connectivity index (χ4v) is 5.39. The van der Waals surface area contributed by atoms with Crippen LogP contribution in [0.4, 0.5) is 0 Å². The Labute approximate surface area is 159 Å². The third-order valence-electron chi connectivity index (χ3n) is 4.50. The van der Waals surface area contributed by atoms with Crippen molar-refractivity contribution >= 4 is 48.8 Å². The average Bonchev–Trinajstić information content (AvgIpc) is 3.24. The Morgan fingerprint density at radius 1 is 0.962 bits per heavy atom. The van der Waals surface area contributed by atoms with Crippen molar-refractivity contribution < 1.29 is 10.0 Å². The van der Waals surface area contributed by atoms with E-state index in [0.717, 1.165) is 16.2 Å². The second-order valence-electron chi connectivity index (χ2n) is 6.24. The van der Waals surface area contributed by atoms with Gasteiger partial charge < -0.3 is 10.9 Å². The lowest BCUT2D eigenvalue weighted by Crippen LogP contribution is -2.34. The molecule has 0 unspecified atom stereocenters. The minimum Gasteiger partial charge on any atom is -0.368 e. The van der Waals surface area contributed by atoms with E-state index < -0.39 is 5.91 Å². The maximum atomic E-state index is 11.2. The number of hydroxylamine groups is 2. The minimum absolute atomic E-state index is 0.0494. The number of primary amides is 1. The first-order valence-electron chi connectivity index (χ1n) is 8.28. The first-order valence-corrected chi connectivity index (χ1v) is 10.0. The standard InChI is InChI=1S/C20H18N2O2S2/c21-20(23)10-22(24)9-15(16-11-25-18-7-3-1-5-13(16)18)17-12-26-19-8-4-2-6-14(17)19/h1-8,11-12,15,24H,9-10H2,(H2,21,23). The fraction of sp³-hybridized carbons (Fsp3) is 0.150. The van der Waals surface area contributed by atoms with Crippen molar-refractivity contribution in [3.05, 3.63) is 70.4 Å². The van der Waals surface area contributed by atoms with Crippen molar-refractivity contribution in [1.82, 2.24) is 5.06 Å². The van der Waals surface area contributed by atoms with Gasteiger partial charge in [-0.05, 0) is 44.8 Å². The molecule has 0 saturated carbocycles. The van der Waals surface area contributed by atoms with Gasteiger partial charge in [0.2, 0.25) is 5.91 Å². The molecule has 2 aromatic carbocycles. The maximum Gasteiger partial charge on any atom is 0.234 e. The number of carbonyl (C=O) groups excluding carboxylic acids is 1. The van der Waals surface area contributed by atoms with Crippen LogP contribution in [0, 0.1) is 0 Å². The number of carbonyl (C=O) groups is 1. The number of thiophene rings is 2. The fourth-order valence-electron chi connectivity index (χ4n) is 3.36. The van der Waals surface area contributed by atoms with Gasteiger partial charge in [0, 0.05) is 21.9 Å². The zero-order valence-corrected chi connectivity index (χ0v) is 15.6. The van der Waals surface area contributed by atoms with Gasteiger partial charge in [-0.2, -0.15) is 5.06 Å². The van der Waals surface area contributed by atoms with Crippen LogP contribution >= 0.6 is 22.7 Å². The van der Waals surface area contributed by atoms with Crippen molar-refractivity contribution in [2.24, 2.45) is 5.73 Å². The second-order valence-corrected chi connectivity index (χ2v) is 8.06. The molecule has 3 N–H and O–H groups in total. The lowest BCUT2D eigenvalue weighted by atomic mass is 9.90. The molecule has 0 fully saturated rings. The Hall–Kier alpha value is -2.25. The van der Waals surface area contributed by atoms with E-state index >= 15 is 0 Å². The molecule has 0 saturated heterocycles. The van der Waals surface area contributed by atoms with E-state index in [1.807, 2.05) is 24.3 Å². The summed E-state index contributed by atoms with van der Waals surface area (Å²) in [5, 5.41) is 18.0. The lowest BCUT2D eigenvalue weighted by molar-refractivity contribution is -0.135. The van der Waals surface area contributed by atoms with E-state index in [4.69, 9.17) is 5.73 Å². The van der Waals surface area contributed by atoms with E-state index in [9.17, 15) is 10.0 Å². The van der Waals surface area contributed by atoms with Gasteiger partial charge in [-0.25, -0.2) is 0 Å². The van der Waals surface area contributed by atoms with Gasteiger partial charge in [-0.3, -0.25) is 4.79 Å². The molecule has 2 heterocycles. The summed E-state index contributed by atoms with van der Waals surface area (Å²) in [7, 11) is 0.